The molecule has 1 fully saturated rings. The van der Waals surface area contributed by atoms with Crippen LogP contribution in [0.25, 0.3) is 5.76 Å². The van der Waals surface area contributed by atoms with Gasteiger partial charge in [0.1, 0.15) is 18.1 Å². The largest absolute Gasteiger partial charge is 0.507 e. The van der Waals surface area contributed by atoms with E-state index in [1.54, 1.807) is 61.5 Å². The number of aliphatic hydroxyl groups is 1. The van der Waals surface area contributed by atoms with Crippen LogP contribution in [-0.4, -0.2) is 29.1 Å². The molecule has 1 aromatic heterocycles. The van der Waals surface area contributed by atoms with Gasteiger partial charge in [0, 0.05) is 11.6 Å². The first-order valence-electron chi connectivity index (χ1n) is 11.6. The van der Waals surface area contributed by atoms with Crippen molar-refractivity contribution in [2.45, 2.75) is 19.6 Å². The van der Waals surface area contributed by atoms with Crippen molar-refractivity contribution in [3.05, 3.63) is 113 Å². The Balaban J connectivity index is 1.60. The highest BCUT2D eigenvalue weighted by Gasteiger charge is 2.48. The first-order valence-corrected chi connectivity index (χ1v) is 11.6. The number of anilines is 1. The Labute approximate surface area is 213 Å². The Bertz CT molecular complexity index is 1480. The zero-order chi connectivity index (χ0) is 25.9. The van der Waals surface area contributed by atoms with Crippen LogP contribution in [0.5, 0.6) is 11.5 Å². The van der Waals surface area contributed by atoms with E-state index in [9.17, 15) is 14.7 Å². The monoisotopic (exact) mass is 496 g/mol. The number of aliphatic hydroxyl groups excluding tert-OH is 1. The second kappa shape index (κ2) is 10.0. The normalized spacial score (nSPS) is 16.7. The molecule has 0 unspecified atom stereocenters. The molecule has 8 nitrogen and oxygen atoms in total. The smallest absolute Gasteiger partial charge is 0.301 e. The number of hydrogen-bond acceptors (Lipinski definition) is 7. The van der Waals surface area contributed by atoms with Gasteiger partial charge in [-0.15, -0.1) is 0 Å². The topological polar surface area (TPSA) is 102 Å². The predicted octanol–water partition coefficient (Wildman–Crippen LogP) is 5.20. The second-order valence-electron chi connectivity index (χ2n) is 8.52. The van der Waals surface area contributed by atoms with E-state index in [0.717, 1.165) is 5.56 Å². The Morgan fingerprint density at radius 2 is 1.68 bits per heavy atom. The lowest BCUT2D eigenvalue weighted by Gasteiger charge is -2.23. The van der Waals surface area contributed by atoms with E-state index in [1.807, 2.05) is 30.3 Å². The summed E-state index contributed by atoms with van der Waals surface area (Å²) >= 11 is 0. The van der Waals surface area contributed by atoms with Crippen LogP contribution >= 0.6 is 0 Å². The third-order valence-electron chi connectivity index (χ3n) is 6.09. The number of ether oxygens (including phenoxy) is 2. The Kier molecular flexibility index (Phi) is 6.47. The number of hydrogen-bond donors (Lipinski definition) is 1. The maximum absolute atomic E-state index is 13.3. The minimum Gasteiger partial charge on any atom is -0.507 e. The number of methoxy groups -OCH3 is 1. The molecular formula is C29H24N2O6. The number of aromatic nitrogens is 1. The van der Waals surface area contributed by atoms with Gasteiger partial charge in [0.15, 0.2) is 17.3 Å². The van der Waals surface area contributed by atoms with Gasteiger partial charge in [0.25, 0.3) is 5.78 Å². The van der Waals surface area contributed by atoms with Gasteiger partial charge in [-0.3, -0.25) is 14.5 Å². The van der Waals surface area contributed by atoms with E-state index in [1.165, 1.54) is 12.0 Å². The van der Waals surface area contributed by atoms with Crippen LogP contribution < -0.4 is 14.4 Å². The number of benzene rings is 3. The van der Waals surface area contributed by atoms with Gasteiger partial charge in [-0.05, 0) is 30.2 Å². The molecule has 0 bridgehead atoms. The molecule has 0 spiro atoms. The summed E-state index contributed by atoms with van der Waals surface area (Å²) in [5.41, 5.74) is 1.88. The van der Waals surface area contributed by atoms with Crippen LogP contribution in [0.4, 0.5) is 5.82 Å². The average molecular weight is 497 g/mol. The van der Waals surface area contributed by atoms with Crippen molar-refractivity contribution in [3.63, 3.8) is 0 Å². The van der Waals surface area contributed by atoms with Crippen LogP contribution in [0.3, 0.4) is 0 Å². The van der Waals surface area contributed by atoms with Crippen molar-refractivity contribution in [1.82, 2.24) is 5.16 Å². The van der Waals surface area contributed by atoms with E-state index in [2.05, 4.69) is 5.16 Å². The number of Topliss-reactive ketones (excluding diaryl/α,β-unsaturated/α-hetero) is 1. The molecule has 0 saturated carbocycles. The fourth-order valence-electron chi connectivity index (χ4n) is 4.31. The molecule has 2 heterocycles. The van der Waals surface area contributed by atoms with Crippen molar-refractivity contribution >= 4 is 23.3 Å². The van der Waals surface area contributed by atoms with Gasteiger partial charge < -0.3 is 19.1 Å². The van der Waals surface area contributed by atoms with Crippen LogP contribution in [-0.2, 0) is 16.2 Å². The molecule has 1 aliphatic rings. The van der Waals surface area contributed by atoms with Gasteiger partial charge in [-0.1, -0.05) is 71.9 Å². The highest BCUT2D eigenvalue weighted by atomic mass is 16.5. The summed E-state index contributed by atoms with van der Waals surface area (Å²) in [7, 11) is 1.51. The first-order chi connectivity index (χ1) is 18.0. The van der Waals surface area contributed by atoms with Crippen molar-refractivity contribution in [2.75, 3.05) is 12.0 Å². The summed E-state index contributed by atoms with van der Waals surface area (Å²) in [6.07, 6.45) is 0. The minimum atomic E-state index is -0.971. The van der Waals surface area contributed by atoms with Crippen LogP contribution in [0.15, 0.2) is 95.0 Å². The minimum absolute atomic E-state index is 0.0585. The van der Waals surface area contributed by atoms with E-state index < -0.39 is 17.7 Å². The predicted molar refractivity (Wildman–Crippen MR) is 136 cm³/mol. The van der Waals surface area contributed by atoms with Crippen molar-refractivity contribution < 1.29 is 28.7 Å². The van der Waals surface area contributed by atoms with E-state index in [4.69, 9.17) is 14.0 Å². The molecule has 3 aromatic carbocycles. The number of rotatable bonds is 7. The van der Waals surface area contributed by atoms with Crippen molar-refractivity contribution in [2.24, 2.45) is 0 Å². The van der Waals surface area contributed by atoms with Crippen LogP contribution in [0.1, 0.15) is 28.5 Å². The molecule has 8 heteroatoms. The van der Waals surface area contributed by atoms with Crippen molar-refractivity contribution in [3.8, 4) is 11.5 Å². The molecule has 1 atom stereocenters. The molecule has 37 heavy (non-hydrogen) atoms. The Hall–Kier alpha value is -4.85. The standard InChI is InChI=1S/C29H24N2O6/c1-18-15-24(30-37-18)31-26(25(28(33)29(31)34)27(32)20-11-7-4-8-12-20)21-13-14-22(23(16-21)35-2)36-17-19-9-5-3-6-10-19/h3-16,26,32H,17H2,1-2H3/b27-25+/t26-/m0/s1. The summed E-state index contributed by atoms with van der Waals surface area (Å²) in [4.78, 5) is 27.7. The zero-order valence-electron chi connectivity index (χ0n) is 20.3. The number of ketones is 1. The van der Waals surface area contributed by atoms with Gasteiger partial charge in [-0.25, -0.2) is 0 Å². The fraction of sp³-hybridized carbons (Fsp3) is 0.138. The lowest BCUT2D eigenvalue weighted by atomic mass is 9.95. The summed E-state index contributed by atoms with van der Waals surface area (Å²) in [6.45, 7) is 2.02. The summed E-state index contributed by atoms with van der Waals surface area (Å²) < 4.78 is 16.7. The van der Waals surface area contributed by atoms with Gasteiger partial charge in [0.2, 0.25) is 0 Å². The van der Waals surface area contributed by atoms with Gasteiger partial charge in [-0.2, -0.15) is 0 Å². The fourth-order valence-corrected chi connectivity index (χ4v) is 4.31. The third-order valence-corrected chi connectivity index (χ3v) is 6.09. The molecule has 1 amide bonds. The van der Waals surface area contributed by atoms with E-state index >= 15 is 0 Å². The number of nitrogens with zero attached hydrogens (tertiary/aromatic N) is 2. The molecule has 1 N–H and O–H groups in total. The second-order valence-corrected chi connectivity index (χ2v) is 8.52. The quantitative estimate of drug-likeness (QED) is 0.213. The SMILES string of the molecule is COc1cc([C@H]2/C(=C(\O)c3ccccc3)C(=O)C(=O)N2c2cc(C)on2)ccc1OCc1ccccc1. The zero-order valence-corrected chi connectivity index (χ0v) is 20.3. The molecule has 5 rings (SSSR count). The number of aryl methyl sites for hydroxylation is 1. The Morgan fingerprint density at radius 3 is 2.32 bits per heavy atom. The molecule has 186 valence electrons. The van der Waals surface area contributed by atoms with Gasteiger partial charge in [0.05, 0.1) is 18.7 Å². The van der Waals surface area contributed by atoms with Crippen LogP contribution in [0.2, 0.25) is 0 Å². The van der Waals surface area contributed by atoms with E-state index in [-0.39, 0.29) is 17.2 Å². The third kappa shape index (κ3) is 4.56. The maximum atomic E-state index is 13.3. The summed E-state index contributed by atoms with van der Waals surface area (Å²) in [5, 5.41) is 15.1. The molecule has 0 radical (unpaired) electrons. The Morgan fingerprint density at radius 1 is 0.973 bits per heavy atom. The summed E-state index contributed by atoms with van der Waals surface area (Å²) in [6, 6.07) is 24.0. The number of carbonyl (C=O) groups is 2. The summed E-state index contributed by atoms with van der Waals surface area (Å²) in [5.74, 6) is -0.381. The highest BCUT2D eigenvalue weighted by molar-refractivity contribution is 6.51. The number of amides is 1. The van der Waals surface area contributed by atoms with Crippen molar-refractivity contribution in [1.29, 1.82) is 0 Å². The molecule has 4 aromatic rings. The molecule has 1 aliphatic heterocycles. The van der Waals surface area contributed by atoms with Gasteiger partial charge >= 0.3 is 5.91 Å². The lowest BCUT2D eigenvalue weighted by molar-refractivity contribution is -0.132. The molecule has 1 saturated heterocycles. The number of carbonyl (C=O) groups excluding carboxylic acids is 2. The average Bonchev–Trinajstić information content (AvgIpc) is 3.48. The van der Waals surface area contributed by atoms with E-state index in [0.29, 0.717) is 35.0 Å². The molecule has 0 aliphatic carbocycles. The van der Waals surface area contributed by atoms with Crippen LogP contribution in [0, 0.1) is 6.92 Å². The first kappa shape index (κ1) is 23.9. The lowest BCUT2D eigenvalue weighted by Crippen LogP contribution is -2.29. The maximum Gasteiger partial charge on any atom is 0.301 e. The molecular weight excluding hydrogens is 472 g/mol. The highest BCUT2D eigenvalue weighted by Crippen LogP contribution is 2.44.